The van der Waals surface area contributed by atoms with Crippen molar-refractivity contribution in [1.29, 1.82) is 0 Å². The van der Waals surface area contributed by atoms with Crippen LogP contribution in [0.15, 0.2) is 24.5 Å². The Kier molecular flexibility index (Phi) is 2.45. The van der Waals surface area contributed by atoms with E-state index >= 15 is 0 Å². The van der Waals surface area contributed by atoms with Gasteiger partial charge in [-0.1, -0.05) is 18.3 Å². The number of rotatable bonds is 2. The van der Waals surface area contributed by atoms with Gasteiger partial charge in [-0.25, -0.2) is 4.98 Å². The SMILES string of the molecule is CCOc1cccc2c(=S)nc[nH]c12. The van der Waals surface area contributed by atoms with E-state index in [4.69, 9.17) is 17.0 Å². The van der Waals surface area contributed by atoms with Crippen LogP contribution in [0.25, 0.3) is 10.9 Å². The lowest BCUT2D eigenvalue weighted by molar-refractivity contribution is 0.343. The summed E-state index contributed by atoms with van der Waals surface area (Å²) in [4.78, 5) is 7.05. The van der Waals surface area contributed by atoms with Crippen molar-refractivity contribution in [2.45, 2.75) is 6.92 Å². The Hall–Kier alpha value is -1.42. The van der Waals surface area contributed by atoms with Crippen molar-refractivity contribution in [3.63, 3.8) is 0 Å². The van der Waals surface area contributed by atoms with Gasteiger partial charge in [0, 0.05) is 5.39 Å². The van der Waals surface area contributed by atoms with Crippen LogP contribution in [-0.4, -0.2) is 16.6 Å². The molecule has 2 rings (SSSR count). The fraction of sp³-hybridized carbons (Fsp3) is 0.200. The number of aromatic nitrogens is 2. The first-order valence-corrected chi connectivity index (χ1v) is 4.83. The van der Waals surface area contributed by atoms with Crippen LogP contribution in [0.2, 0.25) is 0 Å². The molecule has 72 valence electrons. The maximum absolute atomic E-state index is 5.47. The van der Waals surface area contributed by atoms with Crippen molar-refractivity contribution < 1.29 is 4.74 Å². The van der Waals surface area contributed by atoms with E-state index < -0.39 is 0 Å². The summed E-state index contributed by atoms with van der Waals surface area (Å²) in [7, 11) is 0. The van der Waals surface area contributed by atoms with Gasteiger partial charge in [0.15, 0.2) is 0 Å². The molecular formula is C10H10N2OS. The Morgan fingerprint density at radius 2 is 2.36 bits per heavy atom. The van der Waals surface area contributed by atoms with Gasteiger partial charge in [0.2, 0.25) is 0 Å². The predicted molar refractivity (Wildman–Crippen MR) is 58.1 cm³/mol. The Morgan fingerprint density at radius 1 is 1.50 bits per heavy atom. The Labute approximate surface area is 86.8 Å². The quantitative estimate of drug-likeness (QED) is 0.768. The third-order valence-electron chi connectivity index (χ3n) is 1.95. The molecule has 1 aromatic carbocycles. The van der Waals surface area contributed by atoms with Crippen LogP contribution in [0.3, 0.4) is 0 Å². The molecule has 0 fully saturated rings. The summed E-state index contributed by atoms with van der Waals surface area (Å²) in [6, 6.07) is 5.76. The molecule has 0 radical (unpaired) electrons. The van der Waals surface area contributed by atoms with Crippen molar-refractivity contribution >= 4 is 23.1 Å². The lowest BCUT2D eigenvalue weighted by Crippen LogP contribution is -1.94. The summed E-state index contributed by atoms with van der Waals surface area (Å²) in [5, 5.41) is 0.924. The number of H-pyrrole nitrogens is 1. The normalized spacial score (nSPS) is 10.4. The number of nitrogens with zero attached hydrogens (tertiary/aromatic N) is 1. The highest BCUT2D eigenvalue weighted by molar-refractivity contribution is 7.71. The monoisotopic (exact) mass is 206 g/mol. The summed E-state index contributed by atoms with van der Waals surface area (Å²) < 4.78 is 6.07. The molecular weight excluding hydrogens is 196 g/mol. The van der Waals surface area contributed by atoms with E-state index in [0.29, 0.717) is 11.2 Å². The first-order valence-electron chi connectivity index (χ1n) is 4.42. The molecule has 0 spiro atoms. The summed E-state index contributed by atoms with van der Waals surface area (Å²) in [6.07, 6.45) is 1.59. The fourth-order valence-corrected chi connectivity index (χ4v) is 1.58. The molecule has 14 heavy (non-hydrogen) atoms. The number of nitrogens with one attached hydrogen (secondary N) is 1. The lowest BCUT2D eigenvalue weighted by atomic mass is 10.2. The van der Waals surface area contributed by atoms with Gasteiger partial charge < -0.3 is 9.72 Å². The minimum Gasteiger partial charge on any atom is -0.492 e. The highest BCUT2D eigenvalue weighted by Gasteiger charge is 2.02. The molecule has 2 aromatic rings. The van der Waals surface area contributed by atoms with E-state index in [1.807, 2.05) is 25.1 Å². The third kappa shape index (κ3) is 1.48. The number of fused-ring (bicyclic) bond motifs is 1. The summed E-state index contributed by atoms with van der Waals surface area (Å²) in [6.45, 7) is 2.59. The van der Waals surface area contributed by atoms with Crippen LogP contribution in [0.5, 0.6) is 5.75 Å². The topological polar surface area (TPSA) is 37.9 Å². The second-order valence-electron chi connectivity index (χ2n) is 2.82. The van der Waals surface area contributed by atoms with Crippen LogP contribution < -0.4 is 4.74 Å². The van der Waals surface area contributed by atoms with Gasteiger partial charge >= 0.3 is 0 Å². The molecule has 3 nitrogen and oxygen atoms in total. The molecule has 0 unspecified atom stereocenters. The van der Waals surface area contributed by atoms with E-state index in [1.54, 1.807) is 6.33 Å². The van der Waals surface area contributed by atoms with Gasteiger partial charge in [-0.05, 0) is 19.1 Å². The van der Waals surface area contributed by atoms with Gasteiger partial charge in [0.1, 0.15) is 10.4 Å². The zero-order chi connectivity index (χ0) is 9.97. The molecule has 0 saturated heterocycles. The minimum atomic E-state index is 0.598. The van der Waals surface area contributed by atoms with Crippen LogP contribution >= 0.6 is 12.2 Å². The van der Waals surface area contributed by atoms with Gasteiger partial charge in [0.25, 0.3) is 0 Å². The number of ether oxygens (including phenoxy) is 1. The zero-order valence-corrected chi connectivity index (χ0v) is 8.60. The van der Waals surface area contributed by atoms with Crippen LogP contribution in [-0.2, 0) is 0 Å². The van der Waals surface area contributed by atoms with Crippen molar-refractivity contribution in [3.8, 4) is 5.75 Å². The van der Waals surface area contributed by atoms with Crippen molar-refractivity contribution in [2.75, 3.05) is 6.61 Å². The van der Waals surface area contributed by atoms with Crippen molar-refractivity contribution in [2.24, 2.45) is 0 Å². The summed E-state index contributed by atoms with van der Waals surface area (Å²) in [5.41, 5.74) is 0.911. The number of hydrogen-bond acceptors (Lipinski definition) is 3. The molecule has 4 heteroatoms. The fourth-order valence-electron chi connectivity index (χ4n) is 1.36. The molecule has 1 heterocycles. The molecule has 0 bridgehead atoms. The lowest BCUT2D eigenvalue weighted by Gasteiger charge is -2.06. The number of benzene rings is 1. The Morgan fingerprint density at radius 3 is 3.14 bits per heavy atom. The number of aromatic amines is 1. The Balaban J connectivity index is 2.75. The highest BCUT2D eigenvalue weighted by atomic mass is 32.1. The van der Waals surface area contributed by atoms with Gasteiger partial charge in [-0.15, -0.1) is 0 Å². The highest BCUT2D eigenvalue weighted by Crippen LogP contribution is 2.22. The smallest absolute Gasteiger partial charge is 0.143 e. The van der Waals surface area contributed by atoms with E-state index in [0.717, 1.165) is 16.7 Å². The van der Waals surface area contributed by atoms with E-state index in [2.05, 4.69) is 9.97 Å². The molecule has 0 atom stereocenters. The van der Waals surface area contributed by atoms with E-state index in [-0.39, 0.29) is 0 Å². The van der Waals surface area contributed by atoms with Gasteiger partial charge in [0.05, 0.1) is 18.5 Å². The van der Waals surface area contributed by atoms with Crippen molar-refractivity contribution in [1.82, 2.24) is 9.97 Å². The largest absolute Gasteiger partial charge is 0.492 e. The van der Waals surface area contributed by atoms with Crippen molar-refractivity contribution in [3.05, 3.63) is 29.2 Å². The average Bonchev–Trinajstić information content (AvgIpc) is 2.20. The third-order valence-corrected chi connectivity index (χ3v) is 2.27. The van der Waals surface area contributed by atoms with Crippen LogP contribution in [0, 0.1) is 4.64 Å². The molecule has 0 saturated carbocycles. The Bertz CT molecular complexity index is 507. The molecule has 1 N–H and O–H groups in total. The van der Waals surface area contributed by atoms with E-state index in [1.165, 1.54) is 0 Å². The molecule has 0 aliphatic heterocycles. The maximum Gasteiger partial charge on any atom is 0.143 e. The standard InChI is InChI=1S/C10H10N2OS/c1-2-13-8-5-3-4-7-9(8)11-6-12-10(7)14/h3-6H,2H2,1H3,(H,11,12,14). The average molecular weight is 206 g/mol. The van der Waals surface area contributed by atoms with E-state index in [9.17, 15) is 0 Å². The van der Waals surface area contributed by atoms with Crippen LogP contribution in [0.4, 0.5) is 0 Å². The predicted octanol–water partition coefficient (Wildman–Crippen LogP) is 2.69. The number of hydrogen-bond donors (Lipinski definition) is 1. The first-order chi connectivity index (χ1) is 6.83. The summed E-state index contributed by atoms with van der Waals surface area (Å²) >= 11 is 5.11. The summed E-state index contributed by atoms with van der Waals surface area (Å²) in [5.74, 6) is 0.818. The molecule has 0 aliphatic rings. The molecule has 0 amide bonds. The second kappa shape index (κ2) is 3.75. The van der Waals surface area contributed by atoms with Crippen LogP contribution in [0.1, 0.15) is 6.92 Å². The molecule has 1 aromatic heterocycles. The number of para-hydroxylation sites is 1. The zero-order valence-electron chi connectivity index (χ0n) is 7.78. The second-order valence-corrected chi connectivity index (χ2v) is 3.21. The van der Waals surface area contributed by atoms with Gasteiger partial charge in [-0.2, -0.15) is 0 Å². The van der Waals surface area contributed by atoms with Gasteiger partial charge in [-0.3, -0.25) is 0 Å². The maximum atomic E-state index is 5.47. The molecule has 0 aliphatic carbocycles. The minimum absolute atomic E-state index is 0.598. The first kappa shape index (κ1) is 9.15.